The first kappa shape index (κ1) is 17.8. The van der Waals surface area contributed by atoms with Crippen molar-refractivity contribution in [2.45, 2.75) is 51.5 Å². The van der Waals surface area contributed by atoms with E-state index in [0.29, 0.717) is 19.6 Å². The van der Waals surface area contributed by atoms with Crippen LogP contribution in [-0.4, -0.2) is 43.4 Å². The van der Waals surface area contributed by atoms with Crippen molar-refractivity contribution in [2.24, 2.45) is 11.8 Å². The molecular weight excluding hydrogens is 272 g/mol. The third-order valence-electron chi connectivity index (χ3n) is 4.09. The van der Waals surface area contributed by atoms with Crippen LogP contribution in [0.4, 0.5) is 4.79 Å². The second kappa shape index (κ2) is 9.60. The summed E-state index contributed by atoms with van der Waals surface area (Å²) in [4.78, 5) is 23.1. The average molecular weight is 300 g/mol. The minimum atomic E-state index is -0.745. The lowest BCUT2D eigenvalue weighted by atomic mass is 9.79. The maximum absolute atomic E-state index is 11.9. The van der Waals surface area contributed by atoms with Crippen LogP contribution in [-0.2, 0) is 9.53 Å². The number of methoxy groups -OCH3 is 1. The molecular formula is C15H28N2O4. The number of rotatable bonds is 8. The lowest BCUT2D eigenvalue weighted by Crippen LogP contribution is -2.46. The number of amides is 2. The number of hydrogen-bond donors (Lipinski definition) is 3. The van der Waals surface area contributed by atoms with Gasteiger partial charge in [-0.2, -0.15) is 0 Å². The number of hydrogen-bond acceptors (Lipinski definition) is 3. The van der Waals surface area contributed by atoms with E-state index in [4.69, 9.17) is 4.74 Å². The molecule has 0 aromatic carbocycles. The molecule has 6 heteroatoms. The van der Waals surface area contributed by atoms with E-state index < -0.39 is 5.97 Å². The minimum absolute atomic E-state index is 0.00151. The van der Waals surface area contributed by atoms with E-state index >= 15 is 0 Å². The van der Waals surface area contributed by atoms with Gasteiger partial charge in [-0.25, -0.2) is 4.79 Å². The van der Waals surface area contributed by atoms with Gasteiger partial charge >= 0.3 is 12.0 Å². The quantitative estimate of drug-likeness (QED) is 0.639. The Kier molecular flexibility index (Phi) is 8.12. The molecule has 1 fully saturated rings. The Morgan fingerprint density at radius 3 is 2.67 bits per heavy atom. The van der Waals surface area contributed by atoms with Gasteiger partial charge in [0.2, 0.25) is 0 Å². The monoisotopic (exact) mass is 300 g/mol. The maximum Gasteiger partial charge on any atom is 0.315 e. The van der Waals surface area contributed by atoms with Crippen LogP contribution in [0.2, 0.25) is 0 Å². The van der Waals surface area contributed by atoms with Gasteiger partial charge < -0.3 is 20.5 Å². The van der Waals surface area contributed by atoms with Crippen LogP contribution in [0.3, 0.4) is 0 Å². The fourth-order valence-corrected chi connectivity index (χ4v) is 2.98. The zero-order valence-corrected chi connectivity index (χ0v) is 13.1. The standard InChI is InChI=1S/C15H28N2O4/c1-3-6-12(10-21-2)17-15(20)16-9-11-7-4-5-8-13(11)14(18)19/h11-13H,3-10H2,1-2H3,(H,18,19)(H2,16,17,20). The lowest BCUT2D eigenvalue weighted by molar-refractivity contribution is -0.144. The summed E-state index contributed by atoms with van der Waals surface area (Å²) in [5.41, 5.74) is 0. The van der Waals surface area contributed by atoms with Crippen LogP contribution >= 0.6 is 0 Å². The Labute approximate surface area is 126 Å². The van der Waals surface area contributed by atoms with Crippen molar-refractivity contribution in [3.05, 3.63) is 0 Å². The average Bonchev–Trinajstić information content (AvgIpc) is 2.46. The fourth-order valence-electron chi connectivity index (χ4n) is 2.98. The van der Waals surface area contributed by atoms with Crippen LogP contribution in [0.5, 0.6) is 0 Å². The number of aliphatic carboxylic acids is 1. The summed E-state index contributed by atoms with van der Waals surface area (Å²) in [6.45, 7) is 2.97. The molecule has 0 bridgehead atoms. The van der Waals surface area contributed by atoms with Gasteiger partial charge in [0.05, 0.1) is 18.6 Å². The summed E-state index contributed by atoms with van der Waals surface area (Å²) >= 11 is 0. The SMILES string of the molecule is CCCC(COC)NC(=O)NCC1CCCCC1C(=O)O. The van der Waals surface area contributed by atoms with E-state index in [-0.39, 0.29) is 23.9 Å². The maximum atomic E-state index is 11.9. The molecule has 0 spiro atoms. The minimum Gasteiger partial charge on any atom is -0.481 e. The zero-order chi connectivity index (χ0) is 15.7. The molecule has 122 valence electrons. The van der Waals surface area contributed by atoms with Crippen LogP contribution < -0.4 is 10.6 Å². The Morgan fingerprint density at radius 1 is 1.33 bits per heavy atom. The topological polar surface area (TPSA) is 87.7 Å². The molecule has 1 aliphatic carbocycles. The van der Waals surface area contributed by atoms with Crippen LogP contribution in [0.1, 0.15) is 45.4 Å². The van der Waals surface area contributed by atoms with Crippen molar-refractivity contribution in [3.63, 3.8) is 0 Å². The van der Waals surface area contributed by atoms with E-state index in [0.717, 1.165) is 32.1 Å². The molecule has 1 saturated carbocycles. The number of nitrogens with one attached hydrogen (secondary N) is 2. The fraction of sp³-hybridized carbons (Fsp3) is 0.867. The van der Waals surface area contributed by atoms with Crippen molar-refractivity contribution in [1.29, 1.82) is 0 Å². The van der Waals surface area contributed by atoms with Gasteiger partial charge in [0.1, 0.15) is 0 Å². The van der Waals surface area contributed by atoms with E-state index in [1.54, 1.807) is 7.11 Å². The van der Waals surface area contributed by atoms with Crippen LogP contribution in [0.25, 0.3) is 0 Å². The second-order valence-corrected chi connectivity index (χ2v) is 5.78. The molecule has 3 atom stereocenters. The summed E-state index contributed by atoms with van der Waals surface area (Å²) in [6.07, 6.45) is 5.42. The summed E-state index contributed by atoms with van der Waals surface area (Å²) < 4.78 is 5.08. The Morgan fingerprint density at radius 2 is 2.05 bits per heavy atom. The summed E-state index contributed by atoms with van der Waals surface area (Å²) in [6, 6.07) is -0.234. The number of ether oxygens (including phenoxy) is 1. The summed E-state index contributed by atoms with van der Waals surface area (Å²) in [5.74, 6) is -1.04. The molecule has 0 aromatic heterocycles. The lowest BCUT2D eigenvalue weighted by Gasteiger charge is -2.29. The van der Waals surface area contributed by atoms with E-state index in [9.17, 15) is 14.7 Å². The van der Waals surface area contributed by atoms with Gasteiger partial charge in [-0.05, 0) is 25.2 Å². The van der Waals surface area contributed by atoms with Gasteiger partial charge in [-0.15, -0.1) is 0 Å². The van der Waals surface area contributed by atoms with Crippen LogP contribution in [0.15, 0.2) is 0 Å². The van der Waals surface area contributed by atoms with Crippen molar-refractivity contribution in [1.82, 2.24) is 10.6 Å². The smallest absolute Gasteiger partial charge is 0.315 e. The number of carboxylic acid groups (broad SMARTS) is 1. The molecule has 0 aromatic rings. The highest BCUT2D eigenvalue weighted by molar-refractivity contribution is 5.74. The van der Waals surface area contributed by atoms with Crippen molar-refractivity contribution >= 4 is 12.0 Å². The molecule has 6 nitrogen and oxygen atoms in total. The van der Waals surface area contributed by atoms with Gasteiger partial charge in [0, 0.05) is 13.7 Å². The number of carbonyl (C=O) groups is 2. The first-order valence-electron chi connectivity index (χ1n) is 7.84. The molecule has 3 N–H and O–H groups in total. The molecule has 21 heavy (non-hydrogen) atoms. The highest BCUT2D eigenvalue weighted by Crippen LogP contribution is 2.29. The van der Waals surface area contributed by atoms with Crippen molar-refractivity contribution < 1.29 is 19.4 Å². The number of carboxylic acids is 1. The van der Waals surface area contributed by atoms with E-state index in [2.05, 4.69) is 17.6 Å². The van der Waals surface area contributed by atoms with E-state index in [1.807, 2.05) is 0 Å². The predicted octanol–water partition coefficient (Wildman–Crippen LogP) is 1.99. The van der Waals surface area contributed by atoms with Gasteiger partial charge in [0.25, 0.3) is 0 Å². The Hall–Kier alpha value is -1.30. The number of carbonyl (C=O) groups excluding carboxylic acids is 1. The van der Waals surface area contributed by atoms with Crippen molar-refractivity contribution in [3.8, 4) is 0 Å². The molecule has 0 saturated heterocycles. The predicted molar refractivity (Wildman–Crippen MR) is 80.2 cm³/mol. The van der Waals surface area contributed by atoms with Gasteiger partial charge in [-0.1, -0.05) is 26.2 Å². The molecule has 1 aliphatic rings. The Bertz CT molecular complexity index is 330. The van der Waals surface area contributed by atoms with Gasteiger partial charge in [0.15, 0.2) is 0 Å². The third kappa shape index (κ3) is 6.33. The third-order valence-corrected chi connectivity index (χ3v) is 4.09. The number of urea groups is 1. The largest absolute Gasteiger partial charge is 0.481 e. The highest BCUT2D eigenvalue weighted by atomic mass is 16.5. The second-order valence-electron chi connectivity index (χ2n) is 5.78. The Balaban J connectivity index is 2.38. The summed E-state index contributed by atoms with van der Waals surface area (Å²) in [5, 5.41) is 14.9. The molecule has 2 amide bonds. The highest BCUT2D eigenvalue weighted by Gasteiger charge is 2.30. The molecule has 0 radical (unpaired) electrons. The molecule has 3 unspecified atom stereocenters. The molecule has 0 aliphatic heterocycles. The first-order chi connectivity index (χ1) is 10.1. The summed E-state index contributed by atoms with van der Waals surface area (Å²) in [7, 11) is 1.61. The molecule has 0 heterocycles. The van der Waals surface area contributed by atoms with Crippen molar-refractivity contribution in [2.75, 3.05) is 20.3 Å². The van der Waals surface area contributed by atoms with Gasteiger partial charge in [-0.3, -0.25) is 4.79 Å². The normalized spacial score (nSPS) is 23.3. The van der Waals surface area contributed by atoms with E-state index in [1.165, 1.54) is 0 Å². The first-order valence-corrected chi connectivity index (χ1v) is 7.84. The van der Waals surface area contributed by atoms with Crippen LogP contribution in [0, 0.1) is 11.8 Å². The molecule has 1 rings (SSSR count). The zero-order valence-electron chi connectivity index (χ0n) is 13.1.